The molecule has 19 heavy (non-hydrogen) atoms. The van der Waals surface area contributed by atoms with E-state index in [2.05, 4.69) is 10.6 Å². The number of piperazine rings is 1. The summed E-state index contributed by atoms with van der Waals surface area (Å²) in [6, 6.07) is -0.0771. The van der Waals surface area contributed by atoms with Crippen LogP contribution in [0.1, 0.15) is 27.7 Å². The predicted molar refractivity (Wildman–Crippen MR) is 68.4 cm³/mol. The van der Waals surface area contributed by atoms with Crippen molar-refractivity contribution in [3.05, 3.63) is 0 Å². The number of carbonyl (C=O) groups is 3. The van der Waals surface area contributed by atoms with Gasteiger partial charge in [-0.3, -0.25) is 9.59 Å². The number of alkyl carbamates (subject to hydrolysis) is 1. The second-order valence-corrected chi connectivity index (χ2v) is 5.55. The van der Waals surface area contributed by atoms with Crippen LogP contribution in [0.25, 0.3) is 0 Å². The Balaban J connectivity index is 2.34. The molecule has 0 aromatic heterocycles. The van der Waals surface area contributed by atoms with E-state index in [1.54, 1.807) is 20.8 Å². The number of carbonyl (C=O) groups excluding carboxylic acids is 3. The topological polar surface area (TPSA) is 87.7 Å². The van der Waals surface area contributed by atoms with Gasteiger partial charge in [0.1, 0.15) is 5.60 Å². The third kappa shape index (κ3) is 5.15. The summed E-state index contributed by atoms with van der Waals surface area (Å²) in [5.41, 5.74) is -0.556. The fourth-order valence-electron chi connectivity index (χ4n) is 1.69. The number of ether oxygens (including phenoxy) is 1. The van der Waals surface area contributed by atoms with Crippen LogP contribution in [-0.4, -0.2) is 54.1 Å². The van der Waals surface area contributed by atoms with Crippen LogP contribution in [0.4, 0.5) is 4.79 Å². The van der Waals surface area contributed by atoms with E-state index < -0.39 is 23.5 Å². The van der Waals surface area contributed by atoms with Gasteiger partial charge in [-0.25, -0.2) is 4.79 Å². The van der Waals surface area contributed by atoms with E-state index in [0.29, 0.717) is 6.54 Å². The normalized spacial score (nSPS) is 20.0. The van der Waals surface area contributed by atoms with Crippen LogP contribution in [-0.2, 0) is 14.3 Å². The van der Waals surface area contributed by atoms with Gasteiger partial charge >= 0.3 is 17.9 Å². The van der Waals surface area contributed by atoms with Gasteiger partial charge in [-0.2, -0.15) is 0 Å². The molecule has 0 bridgehead atoms. The molecule has 1 fully saturated rings. The molecule has 1 atom stereocenters. The number of hydrogen-bond acceptors (Lipinski definition) is 4. The predicted octanol–water partition coefficient (Wildman–Crippen LogP) is -0.142. The van der Waals surface area contributed by atoms with E-state index in [4.69, 9.17) is 4.74 Å². The lowest BCUT2D eigenvalue weighted by Crippen LogP contribution is -2.57. The molecular formula is C12H21N3O4. The number of amides is 3. The van der Waals surface area contributed by atoms with Crippen molar-refractivity contribution >= 4 is 17.9 Å². The molecule has 108 valence electrons. The highest BCUT2D eigenvalue weighted by Crippen LogP contribution is 2.06. The maximum absolute atomic E-state index is 11.5. The molecule has 2 N–H and O–H groups in total. The highest BCUT2D eigenvalue weighted by atomic mass is 16.6. The second kappa shape index (κ2) is 5.90. The molecule has 0 aromatic carbocycles. The van der Waals surface area contributed by atoms with Crippen molar-refractivity contribution in [3.8, 4) is 0 Å². The van der Waals surface area contributed by atoms with Crippen molar-refractivity contribution in [2.45, 2.75) is 39.3 Å². The van der Waals surface area contributed by atoms with Gasteiger partial charge in [0, 0.05) is 25.7 Å². The highest BCUT2D eigenvalue weighted by molar-refractivity contribution is 6.35. The summed E-state index contributed by atoms with van der Waals surface area (Å²) in [5.74, 6) is -1.17. The minimum Gasteiger partial charge on any atom is -0.444 e. The third-order valence-corrected chi connectivity index (χ3v) is 2.40. The monoisotopic (exact) mass is 271 g/mol. The van der Waals surface area contributed by atoms with Crippen LogP contribution in [0.15, 0.2) is 0 Å². The summed E-state index contributed by atoms with van der Waals surface area (Å²) in [7, 11) is 0. The van der Waals surface area contributed by atoms with E-state index in [1.165, 1.54) is 4.90 Å². The lowest BCUT2D eigenvalue weighted by molar-refractivity contribution is -0.149. The smallest absolute Gasteiger partial charge is 0.407 e. The van der Waals surface area contributed by atoms with Crippen molar-refractivity contribution in [3.63, 3.8) is 0 Å². The first-order valence-electron chi connectivity index (χ1n) is 6.25. The van der Waals surface area contributed by atoms with Crippen molar-refractivity contribution in [2.75, 3.05) is 19.6 Å². The SMILES string of the molecule is C[C@H]1CN(CCNC(=O)OC(C)(C)C)C(=O)C(=O)N1. The number of nitrogens with one attached hydrogen (secondary N) is 2. The maximum atomic E-state index is 11.5. The molecule has 1 aliphatic heterocycles. The number of rotatable bonds is 3. The highest BCUT2D eigenvalue weighted by Gasteiger charge is 2.29. The Kier molecular flexibility index (Phi) is 4.74. The van der Waals surface area contributed by atoms with E-state index in [-0.39, 0.29) is 19.1 Å². The third-order valence-electron chi connectivity index (χ3n) is 2.40. The molecule has 1 saturated heterocycles. The summed E-state index contributed by atoms with van der Waals surface area (Å²) < 4.78 is 5.06. The molecule has 0 spiro atoms. The van der Waals surface area contributed by atoms with Crippen LogP contribution in [0.5, 0.6) is 0 Å². The van der Waals surface area contributed by atoms with Crippen molar-refractivity contribution in [2.24, 2.45) is 0 Å². The lowest BCUT2D eigenvalue weighted by atomic mass is 10.2. The average molecular weight is 271 g/mol. The number of nitrogens with zero attached hydrogens (tertiary/aromatic N) is 1. The summed E-state index contributed by atoms with van der Waals surface area (Å²) in [4.78, 5) is 35.6. The summed E-state index contributed by atoms with van der Waals surface area (Å²) >= 11 is 0. The molecule has 0 unspecified atom stereocenters. The van der Waals surface area contributed by atoms with Crippen molar-refractivity contribution in [1.82, 2.24) is 15.5 Å². The average Bonchev–Trinajstić information content (AvgIpc) is 2.22. The lowest BCUT2D eigenvalue weighted by Gasteiger charge is -2.30. The Hall–Kier alpha value is -1.79. The Morgan fingerprint density at radius 2 is 2.11 bits per heavy atom. The number of hydrogen-bond donors (Lipinski definition) is 2. The van der Waals surface area contributed by atoms with Gasteiger partial charge in [-0.05, 0) is 27.7 Å². The maximum Gasteiger partial charge on any atom is 0.407 e. The van der Waals surface area contributed by atoms with Crippen molar-refractivity contribution in [1.29, 1.82) is 0 Å². The van der Waals surface area contributed by atoms with Crippen LogP contribution in [0, 0.1) is 0 Å². The van der Waals surface area contributed by atoms with Crippen molar-refractivity contribution < 1.29 is 19.1 Å². The van der Waals surface area contributed by atoms with Crippen LogP contribution in [0.3, 0.4) is 0 Å². The van der Waals surface area contributed by atoms with E-state index >= 15 is 0 Å². The van der Waals surface area contributed by atoms with Gasteiger partial charge in [0.25, 0.3) is 0 Å². The zero-order chi connectivity index (χ0) is 14.6. The Morgan fingerprint density at radius 1 is 1.47 bits per heavy atom. The molecule has 0 saturated carbocycles. The van der Waals surface area contributed by atoms with E-state index in [1.807, 2.05) is 6.92 Å². The summed E-state index contributed by atoms with van der Waals surface area (Å²) in [5, 5.41) is 5.10. The van der Waals surface area contributed by atoms with Crippen LogP contribution in [0.2, 0.25) is 0 Å². The molecule has 1 rings (SSSR count). The van der Waals surface area contributed by atoms with Crippen LogP contribution < -0.4 is 10.6 Å². The molecule has 0 aromatic rings. The first kappa shape index (κ1) is 15.3. The Morgan fingerprint density at radius 3 is 2.68 bits per heavy atom. The quantitative estimate of drug-likeness (QED) is 0.699. The Bertz CT molecular complexity index is 376. The van der Waals surface area contributed by atoms with Gasteiger partial charge in [0.05, 0.1) is 0 Å². The molecule has 0 radical (unpaired) electrons. The molecule has 7 nitrogen and oxygen atoms in total. The fraction of sp³-hybridized carbons (Fsp3) is 0.750. The summed E-state index contributed by atoms with van der Waals surface area (Å²) in [6.07, 6.45) is -0.533. The van der Waals surface area contributed by atoms with Gasteiger partial charge < -0.3 is 20.3 Å². The summed E-state index contributed by atoms with van der Waals surface area (Å²) in [6.45, 7) is 8.11. The van der Waals surface area contributed by atoms with Gasteiger partial charge in [-0.1, -0.05) is 0 Å². The molecule has 7 heteroatoms. The zero-order valence-corrected chi connectivity index (χ0v) is 11.8. The molecule has 1 heterocycles. The minimum atomic E-state index is -0.601. The zero-order valence-electron chi connectivity index (χ0n) is 11.8. The molecule has 1 aliphatic rings. The second-order valence-electron chi connectivity index (χ2n) is 5.55. The first-order valence-corrected chi connectivity index (χ1v) is 6.25. The van der Waals surface area contributed by atoms with Gasteiger partial charge in [0.2, 0.25) is 0 Å². The van der Waals surface area contributed by atoms with E-state index in [9.17, 15) is 14.4 Å². The molecule has 3 amide bonds. The minimum absolute atomic E-state index is 0.0771. The van der Waals surface area contributed by atoms with E-state index in [0.717, 1.165) is 0 Å². The largest absolute Gasteiger partial charge is 0.444 e. The molecule has 0 aliphatic carbocycles. The van der Waals surface area contributed by atoms with Gasteiger partial charge in [0.15, 0.2) is 0 Å². The Labute approximate surface area is 112 Å². The fourth-order valence-corrected chi connectivity index (χ4v) is 1.69. The van der Waals surface area contributed by atoms with Crippen LogP contribution >= 0.6 is 0 Å². The van der Waals surface area contributed by atoms with Gasteiger partial charge in [-0.15, -0.1) is 0 Å². The standard InChI is InChI=1S/C12H21N3O4/c1-8-7-15(10(17)9(16)14-8)6-5-13-11(18)19-12(2,3)4/h8H,5-7H2,1-4H3,(H,13,18)(H,14,16)/t8-/m0/s1. The molecular weight excluding hydrogens is 250 g/mol. The first-order chi connectivity index (χ1) is 8.69.